The summed E-state index contributed by atoms with van der Waals surface area (Å²) in [5.74, 6) is 6.28. The predicted molar refractivity (Wildman–Crippen MR) is 81.9 cm³/mol. The Kier molecular flexibility index (Phi) is 4.25. The molecule has 0 saturated carbocycles. The van der Waals surface area contributed by atoms with E-state index in [4.69, 9.17) is 10.6 Å². The Morgan fingerprint density at radius 3 is 2.75 bits per heavy atom. The molecule has 2 aromatic rings. The standard InChI is InChI=1S/C14H20N4OS/c1-9-5-6-12(10(7-9)14(2,3)4)19-8-11-13(16-15)20-18-17-11/h5-7,16H,8,15H2,1-4H3. The number of aryl methyl sites for hydroxylation is 1. The van der Waals surface area contributed by atoms with Gasteiger partial charge in [-0.15, -0.1) is 5.10 Å². The quantitative estimate of drug-likeness (QED) is 0.669. The van der Waals surface area contributed by atoms with Crippen molar-refractivity contribution in [3.8, 4) is 5.75 Å². The van der Waals surface area contributed by atoms with Crippen molar-refractivity contribution in [2.75, 3.05) is 5.43 Å². The largest absolute Gasteiger partial charge is 0.487 e. The minimum absolute atomic E-state index is 0.0244. The monoisotopic (exact) mass is 292 g/mol. The van der Waals surface area contributed by atoms with Crippen LogP contribution in [-0.2, 0) is 12.0 Å². The first kappa shape index (κ1) is 14.7. The van der Waals surface area contributed by atoms with E-state index in [1.165, 1.54) is 22.7 Å². The molecule has 1 aromatic carbocycles. The van der Waals surface area contributed by atoms with E-state index in [0.717, 1.165) is 16.4 Å². The third kappa shape index (κ3) is 3.26. The van der Waals surface area contributed by atoms with Crippen LogP contribution in [0.25, 0.3) is 0 Å². The first-order valence-corrected chi connectivity index (χ1v) is 7.21. The lowest BCUT2D eigenvalue weighted by Gasteiger charge is -2.23. The molecule has 0 fully saturated rings. The van der Waals surface area contributed by atoms with Crippen LogP contribution in [0.1, 0.15) is 37.6 Å². The van der Waals surface area contributed by atoms with Crippen molar-refractivity contribution in [3.05, 3.63) is 35.0 Å². The van der Waals surface area contributed by atoms with Gasteiger partial charge in [-0.05, 0) is 24.0 Å². The molecule has 6 heteroatoms. The second kappa shape index (κ2) is 5.76. The number of aromatic nitrogens is 2. The second-order valence-corrected chi connectivity index (χ2v) is 6.49. The Bertz CT molecular complexity index is 589. The third-order valence-corrected chi connectivity index (χ3v) is 3.69. The molecule has 0 aliphatic heterocycles. The summed E-state index contributed by atoms with van der Waals surface area (Å²) in [5, 5.41) is 4.74. The van der Waals surface area contributed by atoms with E-state index in [-0.39, 0.29) is 5.41 Å². The number of ether oxygens (including phenoxy) is 1. The topological polar surface area (TPSA) is 73.1 Å². The van der Waals surface area contributed by atoms with E-state index >= 15 is 0 Å². The number of hydrogen-bond donors (Lipinski definition) is 2. The zero-order valence-electron chi connectivity index (χ0n) is 12.2. The fraction of sp³-hybridized carbons (Fsp3) is 0.429. The van der Waals surface area contributed by atoms with Gasteiger partial charge in [0.05, 0.1) is 0 Å². The molecular weight excluding hydrogens is 272 g/mol. The van der Waals surface area contributed by atoms with Crippen LogP contribution in [-0.4, -0.2) is 9.59 Å². The van der Waals surface area contributed by atoms with Crippen LogP contribution in [0.2, 0.25) is 0 Å². The number of benzene rings is 1. The average molecular weight is 292 g/mol. The molecule has 0 radical (unpaired) electrons. The van der Waals surface area contributed by atoms with Gasteiger partial charge in [-0.3, -0.25) is 0 Å². The number of rotatable bonds is 4. The smallest absolute Gasteiger partial charge is 0.150 e. The number of anilines is 1. The van der Waals surface area contributed by atoms with Crippen LogP contribution in [0.3, 0.4) is 0 Å². The van der Waals surface area contributed by atoms with Crippen molar-refractivity contribution in [1.29, 1.82) is 0 Å². The SMILES string of the molecule is Cc1ccc(OCc2nnsc2NN)c(C(C)(C)C)c1. The maximum atomic E-state index is 5.91. The highest BCUT2D eigenvalue weighted by Gasteiger charge is 2.19. The third-order valence-electron chi connectivity index (χ3n) is 2.99. The molecule has 1 heterocycles. The average Bonchev–Trinajstić information content (AvgIpc) is 2.83. The Morgan fingerprint density at radius 2 is 2.10 bits per heavy atom. The van der Waals surface area contributed by atoms with E-state index in [0.29, 0.717) is 6.61 Å². The van der Waals surface area contributed by atoms with Crippen LogP contribution >= 0.6 is 11.5 Å². The summed E-state index contributed by atoms with van der Waals surface area (Å²) < 4.78 is 9.77. The number of nitrogen functional groups attached to an aromatic ring is 1. The number of nitrogens with zero attached hydrogens (tertiary/aromatic N) is 2. The summed E-state index contributed by atoms with van der Waals surface area (Å²) in [6.07, 6.45) is 0. The number of hydrazine groups is 1. The van der Waals surface area contributed by atoms with Crippen LogP contribution in [0.4, 0.5) is 5.00 Å². The van der Waals surface area contributed by atoms with Crippen molar-refractivity contribution >= 4 is 16.5 Å². The van der Waals surface area contributed by atoms with Crippen LogP contribution in [0.15, 0.2) is 18.2 Å². The van der Waals surface area contributed by atoms with E-state index in [1.54, 1.807) is 0 Å². The van der Waals surface area contributed by atoms with Crippen molar-refractivity contribution in [1.82, 2.24) is 9.59 Å². The van der Waals surface area contributed by atoms with Gasteiger partial charge in [-0.25, -0.2) is 5.84 Å². The summed E-state index contributed by atoms with van der Waals surface area (Å²) >= 11 is 1.22. The summed E-state index contributed by atoms with van der Waals surface area (Å²) in [7, 11) is 0. The molecule has 3 N–H and O–H groups in total. The Labute approximate surface area is 123 Å². The van der Waals surface area contributed by atoms with Gasteiger partial charge < -0.3 is 10.2 Å². The Balaban J connectivity index is 2.22. The number of hydrogen-bond acceptors (Lipinski definition) is 6. The van der Waals surface area contributed by atoms with Gasteiger partial charge >= 0.3 is 0 Å². The highest BCUT2D eigenvalue weighted by molar-refractivity contribution is 7.10. The van der Waals surface area contributed by atoms with Crippen LogP contribution < -0.4 is 16.0 Å². The molecule has 5 nitrogen and oxygen atoms in total. The van der Waals surface area contributed by atoms with Crippen LogP contribution in [0.5, 0.6) is 5.75 Å². The molecule has 0 bridgehead atoms. The molecule has 0 unspecified atom stereocenters. The predicted octanol–water partition coefficient (Wildman–Crippen LogP) is 3.01. The molecule has 0 aliphatic carbocycles. The van der Waals surface area contributed by atoms with E-state index in [1.807, 2.05) is 12.1 Å². The summed E-state index contributed by atoms with van der Waals surface area (Å²) in [6, 6.07) is 6.22. The Morgan fingerprint density at radius 1 is 1.35 bits per heavy atom. The zero-order valence-corrected chi connectivity index (χ0v) is 13.0. The molecular formula is C14H20N4OS. The van der Waals surface area contributed by atoms with Crippen molar-refractivity contribution in [2.45, 2.75) is 39.7 Å². The number of nitrogens with one attached hydrogen (secondary N) is 1. The van der Waals surface area contributed by atoms with Crippen LogP contribution in [0, 0.1) is 6.92 Å². The summed E-state index contributed by atoms with van der Waals surface area (Å²) in [4.78, 5) is 0. The van der Waals surface area contributed by atoms with E-state index in [2.05, 4.69) is 48.8 Å². The van der Waals surface area contributed by atoms with Crippen molar-refractivity contribution in [2.24, 2.45) is 5.84 Å². The fourth-order valence-corrected chi connectivity index (χ4v) is 2.39. The lowest BCUT2D eigenvalue weighted by Crippen LogP contribution is -2.14. The van der Waals surface area contributed by atoms with Gasteiger partial charge in [-0.2, -0.15) is 0 Å². The normalized spacial score (nSPS) is 11.4. The van der Waals surface area contributed by atoms with E-state index < -0.39 is 0 Å². The van der Waals surface area contributed by atoms with Crippen molar-refractivity contribution in [3.63, 3.8) is 0 Å². The minimum Gasteiger partial charge on any atom is -0.487 e. The van der Waals surface area contributed by atoms with Gasteiger partial charge in [0.25, 0.3) is 0 Å². The second-order valence-electron chi connectivity index (χ2n) is 5.73. The van der Waals surface area contributed by atoms with Gasteiger partial charge in [0.2, 0.25) is 0 Å². The molecule has 0 amide bonds. The van der Waals surface area contributed by atoms with Crippen molar-refractivity contribution < 1.29 is 4.74 Å². The summed E-state index contributed by atoms with van der Waals surface area (Å²) in [5.41, 5.74) is 5.73. The highest BCUT2D eigenvalue weighted by atomic mass is 32.1. The maximum absolute atomic E-state index is 5.91. The lowest BCUT2D eigenvalue weighted by atomic mass is 9.85. The Hall–Kier alpha value is -1.66. The van der Waals surface area contributed by atoms with Gasteiger partial charge in [0, 0.05) is 11.5 Å². The van der Waals surface area contributed by atoms with Gasteiger partial charge in [0.15, 0.2) is 5.00 Å². The molecule has 0 aliphatic rings. The van der Waals surface area contributed by atoms with Gasteiger partial charge in [0.1, 0.15) is 18.1 Å². The minimum atomic E-state index is 0.0244. The maximum Gasteiger partial charge on any atom is 0.150 e. The lowest BCUT2D eigenvalue weighted by molar-refractivity contribution is 0.293. The highest BCUT2D eigenvalue weighted by Crippen LogP contribution is 2.32. The molecule has 1 aromatic heterocycles. The van der Waals surface area contributed by atoms with Gasteiger partial charge in [-0.1, -0.05) is 43.0 Å². The summed E-state index contributed by atoms with van der Waals surface area (Å²) in [6.45, 7) is 8.95. The first-order valence-electron chi connectivity index (χ1n) is 6.43. The molecule has 0 saturated heterocycles. The molecule has 0 spiro atoms. The molecule has 2 rings (SSSR count). The fourth-order valence-electron chi connectivity index (χ4n) is 1.91. The van der Waals surface area contributed by atoms with E-state index in [9.17, 15) is 0 Å². The molecule has 0 atom stereocenters. The number of nitrogens with two attached hydrogens (primary N) is 1. The molecule has 108 valence electrons. The molecule has 20 heavy (non-hydrogen) atoms. The first-order chi connectivity index (χ1) is 9.41. The zero-order chi connectivity index (χ0) is 14.8.